The third kappa shape index (κ3) is 3.10. The summed E-state index contributed by atoms with van der Waals surface area (Å²) in [6.07, 6.45) is 1.76. The van der Waals surface area contributed by atoms with Gasteiger partial charge < -0.3 is 0 Å². The Morgan fingerprint density at radius 2 is 1.83 bits per heavy atom. The minimum absolute atomic E-state index is 0.212. The van der Waals surface area contributed by atoms with Crippen molar-refractivity contribution in [3.63, 3.8) is 0 Å². The lowest BCUT2D eigenvalue weighted by Crippen LogP contribution is -2.29. The lowest BCUT2D eigenvalue weighted by atomic mass is 10.0. The van der Waals surface area contributed by atoms with Crippen molar-refractivity contribution in [3.05, 3.63) is 59.7 Å². The Morgan fingerprint density at radius 3 is 2.52 bits per heavy atom. The molecule has 0 aliphatic carbocycles. The SMILES string of the molecule is CC1CN(S(=O)(=O)c2ccc(CCCCl)cc2)c2ccccc21. The number of hydrogen-bond donors (Lipinski definition) is 0. The highest BCUT2D eigenvalue weighted by Crippen LogP contribution is 2.39. The molecular weight excluding hydrogens is 330 g/mol. The van der Waals surface area contributed by atoms with E-state index in [2.05, 4.69) is 6.92 Å². The first-order chi connectivity index (χ1) is 11.0. The third-order valence-corrected chi connectivity index (χ3v) is 6.35. The van der Waals surface area contributed by atoms with Gasteiger partial charge in [-0.15, -0.1) is 11.6 Å². The Bertz CT molecular complexity index is 787. The highest BCUT2D eigenvalue weighted by molar-refractivity contribution is 7.92. The van der Waals surface area contributed by atoms with E-state index in [0.29, 0.717) is 17.3 Å². The number of rotatable bonds is 5. The topological polar surface area (TPSA) is 37.4 Å². The Morgan fingerprint density at radius 1 is 1.13 bits per heavy atom. The van der Waals surface area contributed by atoms with Crippen LogP contribution in [0, 0.1) is 0 Å². The number of hydrogen-bond acceptors (Lipinski definition) is 2. The van der Waals surface area contributed by atoms with Gasteiger partial charge in [0.05, 0.1) is 10.6 Å². The van der Waals surface area contributed by atoms with Crippen LogP contribution in [0.5, 0.6) is 0 Å². The molecule has 122 valence electrons. The van der Waals surface area contributed by atoms with Crippen LogP contribution in [0.1, 0.15) is 30.4 Å². The molecule has 2 aromatic rings. The van der Waals surface area contributed by atoms with Crippen LogP contribution >= 0.6 is 11.6 Å². The van der Waals surface area contributed by atoms with E-state index in [-0.39, 0.29) is 5.92 Å². The van der Waals surface area contributed by atoms with E-state index in [1.807, 2.05) is 36.4 Å². The number of aryl methyl sites for hydroxylation is 1. The van der Waals surface area contributed by atoms with E-state index in [9.17, 15) is 8.42 Å². The van der Waals surface area contributed by atoms with Crippen molar-refractivity contribution in [2.24, 2.45) is 0 Å². The molecule has 1 aliphatic heterocycles. The fourth-order valence-electron chi connectivity index (χ4n) is 3.03. The molecule has 0 spiro atoms. The maximum atomic E-state index is 13.0. The van der Waals surface area contributed by atoms with Crippen LogP contribution in [0.15, 0.2) is 53.4 Å². The highest BCUT2D eigenvalue weighted by Gasteiger charge is 2.34. The van der Waals surface area contributed by atoms with E-state index < -0.39 is 10.0 Å². The third-order valence-electron chi connectivity index (χ3n) is 4.29. The molecule has 0 saturated heterocycles. The maximum absolute atomic E-state index is 13.0. The summed E-state index contributed by atoms with van der Waals surface area (Å²) in [6, 6.07) is 14.9. The van der Waals surface area contributed by atoms with Crippen LogP contribution in [-0.2, 0) is 16.4 Å². The Kier molecular flexibility index (Phi) is 4.64. The Balaban J connectivity index is 1.91. The second-order valence-electron chi connectivity index (χ2n) is 5.93. The van der Waals surface area contributed by atoms with Gasteiger partial charge in [-0.05, 0) is 42.2 Å². The molecule has 0 amide bonds. The van der Waals surface area contributed by atoms with Gasteiger partial charge in [-0.2, -0.15) is 0 Å². The van der Waals surface area contributed by atoms with E-state index in [1.165, 1.54) is 4.31 Å². The zero-order chi connectivity index (χ0) is 16.4. The fourth-order valence-corrected chi connectivity index (χ4v) is 4.74. The number of alkyl halides is 1. The van der Waals surface area contributed by atoms with E-state index >= 15 is 0 Å². The molecule has 1 aliphatic rings. The molecule has 1 heterocycles. The molecule has 0 bridgehead atoms. The van der Waals surface area contributed by atoms with Gasteiger partial charge in [-0.25, -0.2) is 8.42 Å². The van der Waals surface area contributed by atoms with E-state index in [1.54, 1.807) is 12.1 Å². The molecule has 0 N–H and O–H groups in total. The zero-order valence-corrected chi connectivity index (χ0v) is 14.6. The normalized spacial score (nSPS) is 17.3. The average Bonchev–Trinajstić information content (AvgIpc) is 2.91. The largest absolute Gasteiger partial charge is 0.265 e. The summed E-state index contributed by atoms with van der Waals surface area (Å²) in [5.41, 5.74) is 3.00. The number of nitrogens with zero attached hydrogens (tertiary/aromatic N) is 1. The van der Waals surface area contributed by atoms with Crippen molar-refractivity contribution in [1.29, 1.82) is 0 Å². The Labute approximate surface area is 142 Å². The van der Waals surface area contributed by atoms with Crippen molar-refractivity contribution in [2.75, 3.05) is 16.7 Å². The van der Waals surface area contributed by atoms with Gasteiger partial charge in [0, 0.05) is 18.3 Å². The first kappa shape index (κ1) is 16.3. The van der Waals surface area contributed by atoms with Gasteiger partial charge >= 0.3 is 0 Å². The maximum Gasteiger partial charge on any atom is 0.264 e. The number of anilines is 1. The van der Waals surface area contributed by atoms with Gasteiger partial charge in [-0.1, -0.05) is 37.3 Å². The number of halogens is 1. The van der Waals surface area contributed by atoms with Crippen molar-refractivity contribution in [3.8, 4) is 0 Å². The van der Waals surface area contributed by atoms with E-state index in [0.717, 1.165) is 29.7 Å². The van der Waals surface area contributed by atoms with Crippen molar-refractivity contribution in [1.82, 2.24) is 0 Å². The second-order valence-corrected chi connectivity index (χ2v) is 8.17. The average molecular weight is 350 g/mol. The standard InChI is InChI=1S/C18H20ClNO2S/c1-14-13-20(18-7-3-2-6-17(14)18)23(21,22)16-10-8-15(9-11-16)5-4-12-19/h2-3,6-11,14H,4-5,12-13H2,1H3. The summed E-state index contributed by atoms with van der Waals surface area (Å²) in [4.78, 5) is 0.344. The lowest BCUT2D eigenvalue weighted by Gasteiger charge is -2.20. The molecule has 23 heavy (non-hydrogen) atoms. The number of sulfonamides is 1. The Hall–Kier alpha value is -1.52. The summed E-state index contributed by atoms with van der Waals surface area (Å²) >= 11 is 5.70. The molecular formula is C18H20ClNO2S. The van der Waals surface area contributed by atoms with Gasteiger partial charge in [0.15, 0.2) is 0 Å². The van der Waals surface area contributed by atoms with Crippen LogP contribution in [0.4, 0.5) is 5.69 Å². The summed E-state index contributed by atoms with van der Waals surface area (Å²) in [5, 5.41) is 0. The predicted molar refractivity (Wildman–Crippen MR) is 94.9 cm³/mol. The zero-order valence-electron chi connectivity index (χ0n) is 13.1. The highest BCUT2D eigenvalue weighted by atomic mass is 35.5. The molecule has 2 aromatic carbocycles. The van der Waals surface area contributed by atoms with Crippen LogP contribution < -0.4 is 4.31 Å². The van der Waals surface area contributed by atoms with E-state index in [4.69, 9.17) is 11.6 Å². The monoisotopic (exact) mass is 349 g/mol. The second kappa shape index (κ2) is 6.54. The molecule has 1 unspecified atom stereocenters. The smallest absolute Gasteiger partial charge is 0.264 e. The molecule has 3 rings (SSSR count). The van der Waals surface area contributed by atoms with Crippen LogP contribution in [-0.4, -0.2) is 20.8 Å². The molecule has 0 radical (unpaired) electrons. The van der Waals surface area contributed by atoms with Crippen LogP contribution in [0.3, 0.4) is 0 Å². The molecule has 0 fully saturated rings. The fraction of sp³-hybridized carbons (Fsp3) is 0.333. The molecule has 0 aromatic heterocycles. The first-order valence-corrected chi connectivity index (χ1v) is 9.78. The molecule has 5 heteroatoms. The minimum Gasteiger partial charge on any atom is -0.265 e. The number of benzene rings is 2. The summed E-state index contributed by atoms with van der Waals surface area (Å²) < 4.78 is 27.5. The summed E-state index contributed by atoms with van der Waals surface area (Å²) in [5.74, 6) is 0.826. The van der Waals surface area contributed by atoms with Crippen molar-refractivity contribution >= 4 is 27.3 Å². The van der Waals surface area contributed by atoms with Crippen molar-refractivity contribution < 1.29 is 8.42 Å². The number of fused-ring (bicyclic) bond motifs is 1. The van der Waals surface area contributed by atoms with Gasteiger partial charge in [0.1, 0.15) is 0 Å². The predicted octanol–water partition coefficient (Wildman–Crippen LogP) is 4.17. The summed E-state index contributed by atoms with van der Waals surface area (Å²) in [6.45, 7) is 2.55. The lowest BCUT2D eigenvalue weighted by molar-refractivity contribution is 0.590. The van der Waals surface area contributed by atoms with Gasteiger partial charge in [0.25, 0.3) is 10.0 Å². The molecule has 0 saturated carbocycles. The van der Waals surface area contributed by atoms with Crippen LogP contribution in [0.25, 0.3) is 0 Å². The number of para-hydroxylation sites is 1. The summed E-state index contributed by atoms with van der Waals surface area (Å²) in [7, 11) is -3.52. The first-order valence-electron chi connectivity index (χ1n) is 7.80. The quantitative estimate of drug-likeness (QED) is 0.760. The van der Waals surface area contributed by atoms with Crippen LogP contribution in [0.2, 0.25) is 0 Å². The molecule has 1 atom stereocenters. The van der Waals surface area contributed by atoms with Gasteiger partial charge in [0.2, 0.25) is 0 Å². The minimum atomic E-state index is -3.52. The molecule has 3 nitrogen and oxygen atoms in total. The van der Waals surface area contributed by atoms with Crippen molar-refractivity contribution in [2.45, 2.75) is 30.6 Å². The van der Waals surface area contributed by atoms with Gasteiger partial charge in [-0.3, -0.25) is 4.31 Å².